The molecule has 0 radical (unpaired) electrons. The highest BCUT2D eigenvalue weighted by molar-refractivity contribution is 5.94. The fourth-order valence-corrected chi connectivity index (χ4v) is 2.70. The number of rotatable bonds is 2. The third-order valence-electron chi connectivity index (χ3n) is 3.42. The molecule has 4 nitrogen and oxygen atoms in total. The number of carbonyl (C=O) groups excluding carboxylic acids is 1. The Bertz CT molecular complexity index is 428. The Morgan fingerprint density at radius 1 is 1.61 bits per heavy atom. The van der Waals surface area contributed by atoms with Gasteiger partial charge in [-0.05, 0) is 32.3 Å². The predicted octanol–water partition coefficient (Wildman–Crippen LogP) is 2.42. The number of nitrogens with zero attached hydrogens (tertiary/aromatic N) is 1. The summed E-state index contributed by atoms with van der Waals surface area (Å²) in [5.74, 6) is 1.25. The van der Waals surface area contributed by atoms with Crippen molar-refractivity contribution in [3.63, 3.8) is 0 Å². The summed E-state index contributed by atoms with van der Waals surface area (Å²) in [6.07, 6.45) is 2.55. The van der Waals surface area contributed by atoms with Crippen molar-refractivity contribution >= 4 is 18.3 Å². The van der Waals surface area contributed by atoms with Gasteiger partial charge in [0.25, 0.3) is 5.91 Å². The van der Waals surface area contributed by atoms with Crippen LogP contribution in [0.4, 0.5) is 0 Å². The van der Waals surface area contributed by atoms with E-state index in [0.717, 1.165) is 13.0 Å². The maximum atomic E-state index is 12.4. The first-order valence-corrected chi connectivity index (χ1v) is 6.03. The van der Waals surface area contributed by atoms with Gasteiger partial charge in [-0.25, -0.2) is 0 Å². The molecule has 1 saturated heterocycles. The lowest BCUT2D eigenvalue weighted by Crippen LogP contribution is -2.42. The monoisotopic (exact) mass is 272 g/mol. The van der Waals surface area contributed by atoms with E-state index in [9.17, 15) is 4.79 Å². The molecule has 1 aromatic rings. The van der Waals surface area contributed by atoms with Crippen molar-refractivity contribution in [3.05, 3.63) is 23.7 Å². The fraction of sp³-hybridized carbons (Fsp3) is 0.615. The normalized spacial score (nSPS) is 21.8. The van der Waals surface area contributed by atoms with Gasteiger partial charge in [0.1, 0.15) is 12.0 Å². The average Bonchev–Trinajstić information content (AvgIpc) is 2.81. The number of carbonyl (C=O) groups is 1. The van der Waals surface area contributed by atoms with Gasteiger partial charge in [0.05, 0.1) is 12.1 Å². The van der Waals surface area contributed by atoms with Crippen molar-refractivity contribution in [2.75, 3.05) is 6.54 Å². The second-order valence-corrected chi connectivity index (χ2v) is 5.54. The average molecular weight is 273 g/mol. The van der Waals surface area contributed by atoms with Crippen LogP contribution in [0, 0.1) is 5.92 Å². The Hall–Kier alpha value is -1.00. The third kappa shape index (κ3) is 2.70. The van der Waals surface area contributed by atoms with Crippen LogP contribution in [0.1, 0.15) is 43.3 Å². The molecule has 1 aliphatic heterocycles. The first-order chi connectivity index (χ1) is 7.94. The van der Waals surface area contributed by atoms with E-state index >= 15 is 0 Å². The van der Waals surface area contributed by atoms with E-state index < -0.39 is 0 Å². The van der Waals surface area contributed by atoms with Crippen molar-refractivity contribution in [1.82, 2.24) is 4.90 Å². The fourth-order valence-electron chi connectivity index (χ4n) is 2.70. The van der Waals surface area contributed by atoms with Gasteiger partial charge in [-0.2, -0.15) is 0 Å². The number of hydrogen-bond acceptors (Lipinski definition) is 3. The molecule has 5 heteroatoms. The number of halogens is 1. The number of nitrogens with two attached hydrogens (primary N) is 1. The molecule has 0 bridgehead atoms. The third-order valence-corrected chi connectivity index (χ3v) is 3.42. The summed E-state index contributed by atoms with van der Waals surface area (Å²) in [5, 5.41) is 0. The maximum absolute atomic E-state index is 12.4. The van der Waals surface area contributed by atoms with Gasteiger partial charge in [0.15, 0.2) is 0 Å². The summed E-state index contributed by atoms with van der Waals surface area (Å²) >= 11 is 0. The molecule has 0 aliphatic carbocycles. The molecule has 18 heavy (non-hydrogen) atoms. The topological polar surface area (TPSA) is 59.5 Å². The second kappa shape index (κ2) is 5.33. The highest BCUT2D eigenvalue weighted by Crippen LogP contribution is 2.33. The van der Waals surface area contributed by atoms with Crippen molar-refractivity contribution in [2.24, 2.45) is 11.7 Å². The summed E-state index contributed by atoms with van der Waals surface area (Å²) in [6.45, 7) is 7.54. The lowest BCUT2D eigenvalue weighted by Gasteiger charge is -2.31. The molecule has 1 aromatic heterocycles. The number of amides is 1. The minimum atomic E-state index is -0.0728. The first-order valence-electron chi connectivity index (χ1n) is 6.03. The zero-order valence-electron chi connectivity index (χ0n) is 11.1. The summed E-state index contributed by atoms with van der Waals surface area (Å²) in [4.78, 5) is 14.3. The molecular weight excluding hydrogens is 252 g/mol. The largest absolute Gasteiger partial charge is 0.467 e. The number of furan rings is 1. The molecule has 2 N–H and O–H groups in total. The first kappa shape index (κ1) is 15.1. The van der Waals surface area contributed by atoms with Crippen LogP contribution in [0.3, 0.4) is 0 Å². The molecule has 0 spiro atoms. The van der Waals surface area contributed by atoms with Crippen LogP contribution in [-0.2, 0) is 6.54 Å². The van der Waals surface area contributed by atoms with Crippen LogP contribution < -0.4 is 5.73 Å². The predicted molar refractivity (Wildman–Crippen MR) is 72.7 cm³/mol. The lowest BCUT2D eigenvalue weighted by molar-refractivity contribution is 0.0649. The van der Waals surface area contributed by atoms with Crippen molar-refractivity contribution in [2.45, 2.75) is 39.3 Å². The Morgan fingerprint density at radius 3 is 2.72 bits per heavy atom. The minimum Gasteiger partial charge on any atom is -0.467 e. The second-order valence-electron chi connectivity index (χ2n) is 5.54. The SMILES string of the molecule is CC1CN(C(=O)c2coc(CN)c2)C(C)(C)C1.Cl. The maximum Gasteiger partial charge on any atom is 0.257 e. The van der Waals surface area contributed by atoms with E-state index in [0.29, 0.717) is 23.8 Å². The summed E-state index contributed by atoms with van der Waals surface area (Å²) in [6, 6.07) is 1.74. The Kier molecular flexibility index (Phi) is 4.46. The van der Waals surface area contributed by atoms with E-state index in [-0.39, 0.29) is 23.9 Å². The Morgan fingerprint density at radius 2 is 2.28 bits per heavy atom. The molecule has 0 aromatic carbocycles. The van der Waals surface area contributed by atoms with Crippen LogP contribution >= 0.6 is 12.4 Å². The molecule has 2 heterocycles. The molecule has 1 aliphatic rings. The molecule has 0 saturated carbocycles. The number of hydrogen-bond donors (Lipinski definition) is 1. The molecule has 1 atom stereocenters. The Balaban J connectivity index is 0.00000162. The number of likely N-dealkylation sites (tertiary alicyclic amines) is 1. The van der Waals surface area contributed by atoms with Crippen LogP contribution in [0.15, 0.2) is 16.7 Å². The van der Waals surface area contributed by atoms with E-state index in [4.69, 9.17) is 10.2 Å². The quantitative estimate of drug-likeness (QED) is 0.899. The highest BCUT2D eigenvalue weighted by Gasteiger charge is 2.39. The van der Waals surface area contributed by atoms with Crippen LogP contribution in [0.5, 0.6) is 0 Å². The van der Waals surface area contributed by atoms with Gasteiger partial charge in [-0.3, -0.25) is 4.79 Å². The molecule has 1 amide bonds. The molecule has 102 valence electrons. The van der Waals surface area contributed by atoms with Gasteiger partial charge in [0, 0.05) is 12.1 Å². The standard InChI is InChI=1S/C13H20N2O2.ClH/c1-9-5-13(2,3)15(7-9)12(16)10-4-11(6-14)17-8-10;/h4,8-9H,5-7,14H2,1-3H3;1H. The summed E-state index contributed by atoms with van der Waals surface area (Å²) in [5.41, 5.74) is 6.00. The van der Waals surface area contributed by atoms with E-state index in [2.05, 4.69) is 20.8 Å². The summed E-state index contributed by atoms with van der Waals surface area (Å²) in [7, 11) is 0. The van der Waals surface area contributed by atoms with Crippen LogP contribution in [-0.4, -0.2) is 22.9 Å². The van der Waals surface area contributed by atoms with E-state index in [1.54, 1.807) is 6.07 Å². The molecule has 1 unspecified atom stereocenters. The molecular formula is C13H21ClN2O2. The van der Waals surface area contributed by atoms with Gasteiger partial charge in [-0.15, -0.1) is 12.4 Å². The van der Waals surface area contributed by atoms with Crippen LogP contribution in [0.25, 0.3) is 0 Å². The highest BCUT2D eigenvalue weighted by atomic mass is 35.5. The lowest BCUT2D eigenvalue weighted by atomic mass is 9.97. The van der Waals surface area contributed by atoms with Gasteiger partial charge in [0.2, 0.25) is 0 Å². The zero-order valence-corrected chi connectivity index (χ0v) is 11.9. The minimum absolute atomic E-state index is 0. The van der Waals surface area contributed by atoms with E-state index in [1.807, 2.05) is 4.90 Å². The van der Waals surface area contributed by atoms with E-state index in [1.165, 1.54) is 6.26 Å². The van der Waals surface area contributed by atoms with Gasteiger partial charge >= 0.3 is 0 Å². The molecule has 1 fully saturated rings. The van der Waals surface area contributed by atoms with Crippen molar-refractivity contribution < 1.29 is 9.21 Å². The van der Waals surface area contributed by atoms with Crippen molar-refractivity contribution in [3.8, 4) is 0 Å². The van der Waals surface area contributed by atoms with Crippen LogP contribution in [0.2, 0.25) is 0 Å². The van der Waals surface area contributed by atoms with Crippen molar-refractivity contribution in [1.29, 1.82) is 0 Å². The van der Waals surface area contributed by atoms with Gasteiger partial charge < -0.3 is 15.1 Å². The summed E-state index contributed by atoms with van der Waals surface area (Å²) < 4.78 is 5.22. The Labute approximate surface area is 114 Å². The molecule has 2 rings (SSSR count). The smallest absolute Gasteiger partial charge is 0.257 e. The van der Waals surface area contributed by atoms with Gasteiger partial charge in [-0.1, -0.05) is 6.92 Å². The zero-order chi connectivity index (χ0) is 12.6.